The van der Waals surface area contributed by atoms with Crippen molar-refractivity contribution >= 4 is 18.2 Å². The van der Waals surface area contributed by atoms with Crippen LogP contribution < -0.4 is 15.4 Å². The number of hydrogen-bond donors (Lipinski definition) is 3. The molecule has 8 nitrogen and oxygen atoms in total. The normalized spacial score (nSPS) is 11.3. The Bertz CT molecular complexity index is 885. The Morgan fingerprint density at radius 3 is 2.50 bits per heavy atom. The highest BCUT2D eigenvalue weighted by Gasteiger charge is 2.20. The summed E-state index contributed by atoms with van der Waals surface area (Å²) in [4.78, 5) is 35.7. The van der Waals surface area contributed by atoms with E-state index < -0.39 is 5.92 Å². The minimum atomic E-state index is -0.549. The molecule has 0 aliphatic rings. The van der Waals surface area contributed by atoms with Crippen LogP contribution in [0.25, 0.3) is 11.1 Å². The summed E-state index contributed by atoms with van der Waals surface area (Å²) in [6.07, 6.45) is 3.58. The van der Waals surface area contributed by atoms with Crippen LogP contribution in [0.2, 0.25) is 0 Å². The van der Waals surface area contributed by atoms with E-state index in [1.165, 1.54) is 0 Å². The van der Waals surface area contributed by atoms with Crippen molar-refractivity contribution in [3.05, 3.63) is 54.1 Å². The highest BCUT2D eigenvalue weighted by molar-refractivity contribution is 5.95. The van der Waals surface area contributed by atoms with E-state index >= 15 is 0 Å². The van der Waals surface area contributed by atoms with Gasteiger partial charge in [0.2, 0.25) is 12.3 Å². The number of carbonyl (C=O) groups excluding carboxylic acids is 3. The Labute approximate surface area is 188 Å². The molecule has 2 rings (SSSR count). The van der Waals surface area contributed by atoms with Crippen LogP contribution in [0.3, 0.4) is 0 Å². The Hall–Kier alpha value is -3.39. The van der Waals surface area contributed by atoms with E-state index in [1.54, 1.807) is 25.3 Å². The molecule has 0 spiro atoms. The molecule has 1 atom stereocenters. The summed E-state index contributed by atoms with van der Waals surface area (Å²) in [5, 5.41) is 15.3. The molecule has 32 heavy (non-hydrogen) atoms. The van der Waals surface area contributed by atoms with Crippen molar-refractivity contribution in [2.45, 2.75) is 32.6 Å². The van der Waals surface area contributed by atoms with Gasteiger partial charge in [-0.05, 0) is 41.8 Å². The molecule has 172 valence electrons. The Morgan fingerprint density at radius 1 is 1.09 bits per heavy atom. The summed E-state index contributed by atoms with van der Waals surface area (Å²) in [5.74, 6) is -0.440. The zero-order valence-electron chi connectivity index (χ0n) is 18.5. The summed E-state index contributed by atoms with van der Waals surface area (Å²) in [5.41, 5.74) is 2.30. The maximum absolute atomic E-state index is 12.5. The van der Waals surface area contributed by atoms with Gasteiger partial charge in [0.25, 0.3) is 5.91 Å². The molecule has 0 aliphatic carbocycles. The first-order valence-corrected chi connectivity index (χ1v) is 10.7. The number of methoxy groups -OCH3 is 1. The second-order valence-electron chi connectivity index (χ2n) is 7.45. The van der Waals surface area contributed by atoms with Crippen LogP contribution in [0.5, 0.6) is 5.75 Å². The van der Waals surface area contributed by atoms with E-state index in [0.29, 0.717) is 17.0 Å². The Kier molecular flexibility index (Phi) is 10.2. The Morgan fingerprint density at radius 2 is 1.84 bits per heavy atom. The van der Waals surface area contributed by atoms with Crippen LogP contribution in [0.4, 0.5) is 0 Å². The average molecular weight is 442 g/mol. The first kappa shape index (κ1) is 24.9. The Balaban J connectivity index is 1.93. The third-order valence-corrected chi connectivity index (χ3v) is 5.12. The van der Waals surface area contributed by atoms with Crippen molar-refractivity contribution in [3.8, 4) is 16.9 Å². The van der Waals surface area contributed by atoms with Gasteiger partial charge in [0.05, 0.1) is 26.2 Å². The fourth-order valence-corrected chi connectivity index (χ4v) is 3.30. The number of carbonyl (C=O) groups is 3. The summed E-state index contributed by atoms with van der Waals surface area (Å²) < 4.78 is 5.17. The number of nitrogens with one attached hydrogen (secondary N) is 2. The van der Waals surface area contributed by atoms with E-state index in [0.717, 1.165) is 36.1 Å². The summed E-state index contributed by atoms with van der Waals surface area (Å²) in [7, 11) is 1.61. The molecule has 0 aliphatic heterocycles. The monoisotopic (exact) mass is 441 g/mol. The third-order valence-electron chi connectivity index (χ3n) is 5.12. The third kappa shape index (κ3) is 7.70. The minimum absolute atomic E-state index is 0.0543. The standard InChI is InChI=1S/C24H31N3O5/c1-3-4-5-7-21(15-27(31)17-28)24(30)26-16-25-23(29)20-9-6-8-19(14-20)18-10-12-22(32-2)13-11-18/h6,8-14,17,21,31H,3-5,7,15-16H2,1-2H3,(H,25,29)(H,26,30)/t21-/m1/s1. The van der Waals surface area contributed by atoms with Gasteiger partial charge in [-0.2, -0.15) is 0 Å². The summed E-state index contributed by atoms with van der Waals surface area (Å²) >= 11 is 0. The first-order valence-electron chi connectivity index (χ1n) is 10.7. The molecule has 0 radical (unpaired) electrons. The van der Waals surface area contributed by atoms with Crippen LogP contribution in [0.1, 0.15) is 43.0 Å². The molecule has 0 bridgehead atoms. The maximum atomic E-state index is 12.5. The predicted octanol–water partition coefficient (Wildman–Crippen LogP) is 3.21. The van der Waals surface area contributed by atoms with Gasteiger partial charge in [-0.15, -0.1) is 0 Å². The van der Waals surface area contributed by atoms with Crippen LogP contribution in [-0.2, 0) is 9.59 Å². The first-order chi connectivity index (χ1) is 15.5. The fraction of sp³-hybridized carbons (Fsp3) is 0.375. The van der Waals surface area contributed by atoms with Crippen LogP contribution in [0, 0.1) is 5.92 Å². The van der Waals surface area contributed by atoms with Gasteiger partial charge in [-0.1, -0.05) is 50.5 Å². The largest absolute Gasteiger partial charge is 0.497 e. The number of ether oxygens (including phenoxy) is 1. The number of nitrogens with zero attached hydrogens (tertiary/aromatic N) is 1. The zero-order valence-corrected chi connectivity index (χ0v) is 18.5. The predicted molar refractivity (Wildman–Crippen MR) is 121 cm³/mol. The SMILES string of the molecule is CCCCC[C@H](CN(O)C=O)C(=O)NCNC(=O)c1cccc(-c2ccc(OC)cc2)c1. The van der Waals surface area contributed by atoms with Crippen LogP contribution in [-0.4, -0.2) is 48.8 Å². The van der Waals surface area contributed by atoms with Crippen molar-refractivity contribution in [3.63, 3.8) is 0 Å². The van der Waals surface area contributed by atoms with Crippen LogP contribution >= 0.6 is 0 Å². The van der Waals surface area contributed by atoms with E-state index in [9.17, 15) is 19.6 Å². The number of hydrogen-bond acceptors (Lipinski definition) is 5. The minimum Gasteiger partial charge on any atom is -0.497 e. The second-order valence-corrected chi connectivity index (χ2v) is 7.45. The van der Waals surface area contributed by atoms with Gasteiger partial charge in [-0.3, -0.25) is 19.6 Å². The molecule has 0 aromatic heterocycles. The number of benzene rings is 2. The fourth-order valence-electron chi connectivity index (χ4n) is 3.30. The molecule has 2 aromatic rings. The van der Waals surface area contributed by atoms with Gasteiger partial charge in [0.15, 0.2) is 0 Å². The number of amides is 3. The molecule has 0 heterocycles. The molecule has 0 saturated heterocycles. The van der Waals surface area contributed by atoms with E-state index in [4.69, 9.17) is 4.74 Å². The zero-order chi connectivity index (χ0) is 23.3. The topological polar surface area (TPSA) is 108 Å². The highest BCUT2D eigenvalue weighted by atomic mass is 16.5. The molecule has 3 amide bonds. The van der Waals surface area contributed by atoms with Crippen molar-refractivity contribution in [2.75, 3.05) is 20.3 Å². The van der Waals surface area contributed by atoms with E-state index in [2.05, 4.69) is 17.6 Å². The van der Waals surface area contributed by atoms with Gasteiger partial charge in [0.1, 0.15) is 5.75 Å². The van der Waals surface area contributed by atoms with Crippen molar-refractivity contribution in [1.82, 2.24) is 15.7 Å². The van der Waals surface area contributed by atoms with Crippen LogP contribution in [0.15, 0.2) is 48.5 Å². The van der Waals surface area contributed by atoms with Crippen molar-refractivity contribution in [2.24, 2.45) is 5.92 Å². The average Bonchev–Trinajstić information content (AvgIpc) is 2.83. The lowest BCUT2D eigenvalue weighted by atomic mass is 10.0. The summed E-state index contributed by atoms with van der Waals surface area (Å²) in [6, 6.07) is 14.7. The molecule has 2 aromatic carbocycles. The molecule has 3 N–H and O–H groups in total. The molecule has 0 fully saturated rings. The lowest BCUT2D eigenvalue weighted by Crippen LogP contribution is -2.43. The highest BCUT2D eigenvalue weighted by Crippen LogP contribution is 2.23. The maximum Gasteiger partial charge on any atom is 0.252 e. The van der Waals surface area contributed by atoms with Gasteiger partial charge >= 0.3 is 0 Å². The lowest BCUT2D eigenvalue weighted by molar-refractivity contribution is -0.154. The van der Waals surface area contributed by atoms with Crippen molar-refractivity contribution in [1.29, 1.82) is 0 Å². The number of rotatable bonds is 13. The van der Waals surface area contributed by atoms with Crippen molar-refractivity contribution < 1.29 is 24.3 Å². The van der Waals surface area contributed by atoms with E-state index in [-0.39, 0.29) is 31.4 Å². The smallest absolute Gasteiger partial charge is 0.252 e. The molecule has 0 unspecified atom stereocenters. The quantitative estimate of drug-likeness (QED) is 0.145. The lowest BCUT2D eigenvalue weighted by Gasteiger charge is -2.19. The number of unbranched alkanes of at least 4 members (excludes halogenated alkanes) is 2. The van der Waals surface area contributed by atoms with E-state index in [1.807, 2.05) is 30.3 Å². The second kappa shape index (κ2) is 13.1. The molecule has 0 saturated carbocycles. The molecular formula is C24H31N3O5. The molecule has 8 heteroatoms. The van der Waals surface area contributed by atoms with Gasteiger partial charge in [-0.25, -0.2) is 5.06 Å². The van der Waals surface area contributed by atoms with Gasteiger partial charge in [0, 0.05) is 5.56 Å². The summed E-state index contributed by atoms with van der Waals surface area (Å²) in [6.45, 7) is 1.91. The van der Waals surface area contributed by atoms with Gasteiger partial charge < -0.3 is 15.4 Å². The number of hydroxylamine groups is 2. The molecular weight excluding hydrogens is 410 g/mol.